The first-order chi connectivity index (χ1) is 4.33. The van der Waals surface area contributed by atoms with Gasteiger partial charge in [-0.15, -0.1) is 0 Å². The molecule has 52 valence electrons. The molecule has 0 unspecified atom stereocenters. The molecule has 0 amide bonds. The predicted molar refractivity (Wildman–Crippen MR) is 37.3 cm³/mol. The van der Waals surface area contributed by atoms with E-state index in [1.807, 2.05) is 0 Å². The summed E-state index contributed by atoms with van der Waals surface area (Å²) in [6.45, 7) is 2.10. The van der Waals surface area contributed by atoms with Crippen LogP contribution in [0.2, 0.25) is 0 Å². The van der Waals surface area contributed by atoms with Crippen molar-refractivity contribution in [3.8, 4) is 0 Å². The highest BCUT2D eigenvalue weighted by Crippen LogP contribution is 2.39. The SMILES string of the molecule is CCCC1(N=O)CCC1. The minimum atomic E-state index is -0.116. The van der Waals surface area contributed by atoms with Gasteiger partial charge >= 0.3 is 0 Å². The Kier molecular flexibility index (Phi) is 1.84. The van der Waals surface area contributed by atoms with E-state index < -0.39 is 0 Å². The van der Waals surface area contributed by atoms with Crippen LogP contribution in [0.15, 0.2) is 5.18 Å². The van der Waals surface area contributed by atoms with Crippen LogP contribution in [0.25, 0.3) is 0 Å². The first-order valence-electron chi connectivity index (χ1n) is 3.67. The molecule has 0 atom stereocenters. The molecule has 2 nitrogen and oxygen atoms in total. The van der Waals surface area contributed by atoms with Gasteiger partial charge in [0.15, 0.2) is 0 Å². The van der Waals surface area contributed by atoms with E-state index in [9.17, 15) is 4.91 Å². The topological polar surface area (TPSA) is 29.4 Å². The van der Waals surface area contributed by atoms with Crippen molar-refractivity contribution in [3.05, 3.63) is 4.91 Å². The van der Waals surface area contributed by atoms with E-state index in [1.54, 1.807) is 0 Å². The quantitative estimate of drug-likeness (QED) is 0.535. The zero-order valence-corrected chi connectivity index (χ0v) is 5.89. The molecule has 0 radical (unpaired) electrons. The number of nitroso groups, excluding NO2 is 1. The van der Waals surface area contributed by atoms with Gasteiger partial charge in [0.05, 0.1) is 0 Å². The van der Waals surface area contributed by atoms with E-state index in [-0.39, 0.29) is 5.54 Å². The molecule has 0 heterocycles. The fraction of sp³-hybridized carbons (Fsp3) is 1.00. The van der Waals surface area contributed by atoms with Gasteiger partial charge in [-0.1, -0.05) is 18.5 Å². The Morgan fingerprint density at radius 2 is 2.22 bits per heavy atom. The van der Waals surface area contributed by atoms with E-state index in [2.05, 4.69) is 12.1 Å². The minimum Gasteiger partial charge on any atom is -0.150 e. The molecule has 9 heavy (non-hydrogen) atoms. The van der Waals surface area contributed by atoms with Gasteiger partial charge < -0.3 is 0 Å². The third-order valence-electron chi connectivity index (χ3n) is 2.19. The average Bonchev–Trinajstić information content (AvgIpc) is 1.79. The van der Waals surface area contributed by atoms with Gasteiger partial charge in [-0.05, 0) is 25.7 Å². The van der Waals surface area contributed by atoms with Gasteiger partial charge in [0, 0.05) is 0 Å². The Morgan fingerprint density at radius 1 is 1.56 bits per heavy atom. The second kappa shape index (κ2) is 2.46. The lowest BCUT2D eigenvalue weighted by Crippen LogP contribution is -2.33. The molecule has 1 rings (SSSR count). The number of hydrogen-bond acceptors (Lipinski definition) is 2. The lowest BCUT2D eigenvalue weighted by Gasteiger charge is -2.34. The standard InChI is InChI=1S/C7H13NO/c1-2-4-7(8-9)5-3-6-7/h2-6H2,1H3. The van der Waals surface area contributed by atoms with Crippen LogP contribution in [0.3, 0.4) is 0 Å². The van der Waals surface area contributed by atoms with Gasteiger partial charge in [0.1, 0.15) is 5.54 Å². The molecule has 0 N–H and O–H groups in total. The van der Waals surface area contributed by atoms with Gasteiger partial charge in [-0.25, -0.2) is 0 Å². The van der Waals surface area contributed by atoms with Crippen molar-refractivity contribution in [2.75, 3.05) is 0 Å². The Hall–Kier alpha value is -0.400. The number of rotatable bonds is 3. The molecular weight excluding hydrogens is 114 g/mol. The van der Waals surface area contributed by atoms with Gasteiger partial charge in [0.25, 0.3) is 0 Å². The van der Waals surface area contributed by atoms with Crippen LogP contribution in [0, 0.1) is 4.91 Å². The van der Waals surface area contributed by atoms with Gasteiger partial charge in [-0.3, -0.25) is 0 Å². The summed E-state index contributed by atoms with van der Waals surface area (Å²) >= 11 is 0. The van der Waals surface area contributed by atoms with Crippen LogP contribution in [0.1, 0.15) is 39.0 Å². The number of hydrogen-bond donors (Lipinski definition) is 0. The minimum absolute atomic E-state index is 0.116. The van der Waals surface area contributed by atoms with E-state index in [0.29, 0.717) is 0 Å². The Bertz CT molecular complexity index is 107. The highest BCUT2D eigenvalue weighted by molar-refractivity contribution is 4.94. The fourth-order valence-electron chi connectivity index (χ4n) is 1.44. The van der Waals surface area contributed by atoms with Crippen LogP contribution in [-0.4, -0.2) is 5.54 Å². The Morgan fingerprint density at radius 3 is 2.33 bits per heavy atom. The lowest BCUT2D eigenvalue weighted by molar-refractivity contribution is 0.230. The van der Waals surface area contributed by atoms with Crippen LogP contribution >= 0.6 is 0 Å². The van der Waals surface area contributed by atoms with Crippen molar-refractivity contribution in [1.29, 1.82) is 0 Å². The zero-order chi connectivity index (χ0) is 6.74. The summed E-state index contributed by atoms with van der Waals surface area (Å²) in [5, 5.41) is 3.16. The maximum atomic E-state index is 10.2. The first kappa shape index (κ1) is 6.72. The third-order valence-corrected chi connectivity index (χ3v) is 2.19. The molecule has 0 aromatic carbocycles. The summed E-state index contributed by atoms with van der Waals surface area (Å²) in [5.74, 6) is 0. The summed E-state index contributed by atoms with van der Waals surface area (Å²) in [4.78, 5) is 10.2. The molecule has 1 aliphatic carbocycles. The third kappa shape index (κ3) is 1.12. The van der Waals surface area contributed by atoms with E-state index in [1.165, 1.54) is 6.42 Å². The van der Waals surface area contributed by atoms with Crippen molar-refractivity contribution in [2.24, 2.45) is 5.18 Å². The maximum absolute atomic E-state index is 10.2. The van der Waals surface area contributed by atoms with Crippen molar-refractivity contribution < 1.29 is 0 Å². The molecule has 0 aromatic heterocycles. The zero-order valence-electron chi connectivity index (χ0n) is 5.89. The summed E-state index contributed by atoms with van der Waals surface area (Å²) < 4.78 is 0. The summed E-state index contributed by atoms with van der Waals surface area (Å²) in [6, 6.07) is 0. The van der Waals surface area contributed by atoms with Crippen LogP contribution in [0.4, 0.5) is 0 Å². The van der Waals surface area contributed by atoms with Crippen LogP contribution in [0.5, 0.6) is 0 Å². The average molecular weight is 127 g/mol. The normalized spacial score (nSPS) is 22.8. The van der Waals surface area contributed by atoms with Crippen LogP contribution < -0.4 is 0 Å². The van der Waals surface area contributed by atoms with Gasteiger partial charge in [0.2, 0.25) is 0 Å². The van der Waals surface area contributed by atoms with Crippen molar-refractivity contribution >= 4 is 0 Å². The molecule has 0 bridgehead atoms. The maximum Gasteiger partial charge on any atom is 0.103 e. The summed E-state index contributed by atoms with van der Waals surface area (Å²) in [7, 11) is 0. The largest absolute Gasteiger partial charge is 0.150 e. The second-order valence-electron chi connectivity index (χ2n) is 2.92. The highest BCUT2D eigenvalue weighted by Gasteiger charge is 2.37. The first-order valence-corrected chi connectivity index (χ1v) is 3.67. The molecule has 0 aromatic rings. The van der Waals surface area contributed by atoms with Crippen molar-refractivity contribution in [3.63, 3.8) is 0 Å². The lowest BCUT2D eigenvalue weighted by atomic mass is 9.75. The Labute approximate surface area is 55.6 Å². The predicted octanol–water partition coefficient (Wildman–Crippen LogP) is 2.48. The number of nitrogens with zero attached hydrogens (tertiary/aromatic N) is 1. The van der Waals surface area contributed by atoms with Crippen molar-refractivity contribution in [2.45, 2.75) is 44.6 Å². The summed E-state index contributed by atoms with van der Waals surface area (Å²) in [5.41, 5.74) is -0.116. The monoisotopic (exact) mass is 127 g/mol. The molecule has 0 spiro atoms. The second-order valence-corrected chi connectivity index (χ2v) is 2.92. The van der Waals surface area contributed by atoms with Gasteiger partial charge in [-0.2, -0.15) is 4.91 Å². The highest BCUT2D eigenvalue weighted by atomic mass is 16.3. The Balaban J connectivity index is 2.37. The van der Waals surface area contributed by atoms with E-state index in [0.717, 1.165) is 25.7 Å². The van der Waals surface area contributed by atoms with Crippen molar-refractivity contribution in [1.82, 2.24) is 0 Å². The molecule has 0 saturated heterocycles. The molecule has 1 aliphatic rings. The smallest absolute Gasteiger partial charge is 0.103 e. The fourth-order valence-corrected chi connectivity index (χ4v) is 1.44. The molecule has 0 aliphatic heterocycles. The molecule has 1 fully saturated rings. The van der Waals surface area contributed by atoms with E-state index >= 15 is 0 Å². The molecule has 1 saturated carbocycles. The van der Waals surface area contributed by atoms with E-state index in [4.69, 9.17) is 0 Å². The molecule has 2 heteroatoms. The summed E-state index contributed by atoms with van der Waals surface area (Å²) in [6.07, 6.45) is 5.35. The molecular formula is C7H13NO. The van der Waals surface area contributed by atoms with Crippen LogP contribution in [-0.2, 0) is 0 Å².